The number of aryl methyl sites for hydroxylation is 1. The van der Waals surface area contributed by atoms with Crippen LogP contribution in [-0.2, 0) is 16.4 Å². The molecule has 1 aromatic carbocycles. The first kappa shape index (κ1) is 14.0. The van der Waals surface area contributed by atoms with Gasteiger partial charge in [-0.15, -0.1) is 0 Å². The van der Waals surface area contributed by atoms with Crippen molar-refractivity contribution in [2.45, 2.75) is 18.2 Å². The second-order valence-electron chi connectivity index (χ2n) is 4.11. The summed E-state index contributed by atoms with van der Waals surface area (Å²) in [7, 11) is -3.76. The number of nitrogens with zero attached hydrogens (tertiary/aromatic N) is 3. The SMILES string of the molecule is Cc1ccnc(NS(=O)(=O)c2cccc(CC#N)c2)n1. The highest BCUT2D eigenvalue weighted by Crippen LogP contribution is 2.15. The molecule has 0 unspecified atom stereocenters. The van der Waals surface area contributed by atoms with Crippen LogP contribution in [-0.4, -0.2) is 18.4 Å². The van der Waals surface area contributed by atoms with E-state index in [1.165, 1.54) is 18.3 Å². The molecule has 2 aromatic rings. The van der Waals surface area contributed by atoms with Crippen LogP contribution in [0.5, 0.6) is 0 Å². The Morgan fingerprint density at radius 1 is 1.35 bits per heavy atom. The monoisotopic (exact) mass is 288 g/mol. The van der Waals surface area contributed by atoms with Crippen LogP contribution in [0.3, 0.4) is 0 Å². The largest absolute Gasteiger partial charge is 0.264 e. The standard InChI is InChI=1S/C13H12N4O2S/c1-10-6-8-15-13(16-10)17-20(18,19)12-4-2-3-11(9-12)5-7-14/h2-4,6,8-9H,5H2,1H3,(H,15,16,17). The molecule has 0 aliphatic carbocycles. The van der Waals surface area contributed by atoms with Gasteiger partial charge in [0.15, 0.2) is 0 Å². The van der Waals surface area contributed by atoms with Gasteiger partial charge >= 0.3 is 0 Å². The Morgan fingerprint density at radius 2 is 2.15 bits per heavy atom. The zero-order valence-corrected chi connectivity index (χ0v) is 11.6. The Hall–Kier alpha value is -2.46. The second-order valence-corrected chi connectivity index (χ2v) is 5.79. The Labute approximate surface area is 117 Å². The average molecular weight is 288 g/mol. The Kier molecular flexibility index (Phi) is 3.96. The summed E-state index contributed by atoms with van der Waals surface area (Å²) in [4.78, 5) is 7.92. The second kappa shape index (κ2) is 5.67. The number of hydrogen-bond acceptors (Lipinski definition) is 5. The predicted octanol–water partition coefficient (Wildman–Crippen LogP) is 1.65. The molecule has 6 nitrogen and oxygen atoms in total. The van der Waals surface area contributed by atoms with Gasteiger partial charge in [-0.2, -0.15) is 5.26 Å². The molecule has 1 N–H and O–H groups in total. The van der Waals surface area contributed by atoms with Gasteiger partial charge in [0.1, 0.15) is 0 Å². The zero-order chi connectivity index (χ0) is 14.6. The van der Waals surface area contributed by atoms with Gasteiger partial charge in [-0.3, -0.25) is 0 Å². The van der Waals surface area contributed by atoms with Crippen LogP contribution in [0.25, 0.3) is 0 Å². The van der Waals surface area contributed by atoms with Gasteiger partial charge in [0, 0.05) is 11.9 Å². The summed E-state index contributed by atoms with van der Waals surface area (Å²) < 4.78 is 26.7. The van der Waals surface area contributed by atoms with Crippen LogP contribution in [0.15, 0.2) is 41.4 Å². The first-order chi connectivity index (χ1) is 9.51. The van der Waals surface area contributed by atoms with Crippen molar-refractivity contribution < 1.29 is 8.42 Å². The Balaban J connectivity index is 2.31. The third-order valence-corrected chi connectivity index (χ3v) is 3.84. The van der Waals surface area contributed by atoms with Crippen LogP contribution < -0.4 is 4.72 Å². The van der Waals surface area contributed by atoms with E-state index in [-0.39, 0.29) is 17.3 Å². The molecule has 0 radical (unpaired) electrons. The maximum Gasteiger partial charge on any atom is 0.264 e. The number of hydrogen-bond donors (Lipinski definition) is 1. The van der Waals surface area contributed by atoms with Crippen molar-refractivity contribution in [1.82, 2.24) is 9.97 Å². The lowest BCUT2D eigenvalue weighted by atomic mass is 10.2. The minimum absolute atomic E-state index is 0.0238. The highest BCUT2D eigenvalue weighted by atomic mass is 32.2. The molecule has 7 heteroatoms. The van der Waals surface area contributed by atoms with E-state index in [0.29, 0.717) is 11.3 Å². The summed E-state index contributed by atoms with van der Waals surface area (Å²) >= 11 is 0. The van der Waals surface area contributed by atoms with Crippen LogP contribution in [0, 0.1) is 18.3 Å². The third kappa shape index (κ3) is 3.30. The predicted molar refractivity (Wildman–Crippen MR) is 73.3 cm³/mol. The van der Waals surface area contributed by atoms with E-state index in [1.54, 1.807) is 25.1 Å². The van der Waals surface area contributed by atoms with E-state index in [2.05, 4.69) is 14.7 Å². The van der Waals surface area contributed by atoms with E-state index in [9.17, 15) is 8.42 Å². The lowest BCUT2D eigenvalue weighted by Gasteiger charge is -2.07. The highest BCUT2D eigenvalue weighted by Gasteiger charge is 2.16. The van der Waals surface area contributed by atoms with Crippen molar-refractivity contribution in [3.05, 3.63) is 47.8 Å². The summed E-state index contributed by atoms with van der Waals surface area (Å²) in [6.45, 7) is 1.74. The smallest absolute Gasteiger partial charge is 0.247 e. The van der Waals surface area contributed by atoms with E-state index in [4.69, 9.17) is 5.26 Å². The lowest BCUT2D eigenvalue weighted by Crippen LogP contribution is -2.15. The molecule has 0 amide bonds. The first-order valence-corrected chi connectivity index (χ1v) is 7.28. The molecule has 0 saturated carbocycles. The molecule has 102 valence electrons. The molecule has 0 saturated heterocycles. The molecular formula is C13H12N4O2S. The van der Waals surface area contributed by atoms with Gasteiger partial charge in [-0.25, -0.2) is 23.1 Å². The fourth-order valence-electron chi connectivity index (χ4n) is 1.59. The molecule has 1 aromatic heterocycles. The number of rotatable bonds is 4. The maximum absolute atomic E-state index is 12.2. The van der Waals surface area contributed by atoms with Crippen molar-refractivity contribution >= 4 is 16.0 Å². The number of sulfonamides is 1. The van der Waals surface area contributed by atoms with Crippen LogP contribution in [0.2, 0.25) is 0 Å². The summed E-state index contributed by atoms with van der Waals surface area (Å²) in [5.41, 5.74) is 1.30. The molecule has 0 aliphatic heterocycles. The van der Waals surface area contributed by atoms with E-state index in [1.807, 2.05) is 6.07 Å². The molecule has 0 spiro atoms. The van der Waals surface area contributed by atoms with Crippen molar-refractivity contribution in [2.24, 2.45) is 0 Å². The molecule has 20 heavy (non-hydrogen) atoms. The Bertz CT molecular complexity index is 766. The minimum Gasteiger partial charge on any atom is -0.247 e. The molecule has 0 atom stereocenters. The Morgan fingerprint density at radius 3 is 2.85 bits per heavy atom. The fourth-order valence-corrected chi connectivity index (χ4v) is 2.61. The zero-order valence-electron chi connectivity index (χ0n) is 10.7. The van der Waals surface area contributed by atoms with E-state index >= 15 is 0 Å². The normalized spacial score (nSPS) is 10.8. The van der Waals surface area contributed by atoms with Crippen LogP contribution in [0.4, 0.5) is 5.95 Å². The maximum atomic E-state index is 12.2. The summed E-state index contributed by atoms with van der Waals surface area (Å²) in [5.74, 6) is 0.0238. The number of aromatic nitrogens is 2. The molecule has 2 rings (SSSR count). The number of benzene rings is 1. The first-order valence-electron chi connectivity index (χ1n) is 5.79. The minimum atomic E-state index is -3.76. The molecule has 1 heterocycles. The van der Waals surface area contributed by atoms with Gasteiger partial charge in [-0.05, 0) is 30.7 Å². The van der Waals surface area contributed by atoms with Gasteiger partial charge < -0.3 is 0 Å². The number of nitriles is 1. The van der Waals surface area contributed by atoms with Gasteiger partial charge in [0.2, 0.25) is 5.95 Å². The molecule has 0 bridgehead atoms. The average Bonchev–Trinajstić information content (AvgIpc) is 2.39. The number of anilines is 1. The summed E-state index contributed by atoms with van der Waals surface area (Å²) in [6, 6.07) is 9.86. The van der Waals surface area contributed by atoms with Gasteiger partial charge in [-0.1, -0.05) is 12.1 Å². The molecular weight excluding hydrogens is 276 g/mol. The van der Waals surface area contributed by atoms with Crippen molar-refractivity contribution in [3.8, 4) is 6.07 Å². The van der Waals surface area contributed by atoms with Crippen LogP contribution in [0.1, 0.15) is 11.3 Å². The van der Waals surface area contributed by atoms with Gasteiger partial charge in [0.25, 0.3) is 10.0 Å². The van der Waals surface area contributed by atoms with E-state index < -0.39 is 10.0 Å². The summed E-state index contributed by atoms with van der Waals surface area (Å²) in [5, 5.41) is 8.64. The third-order valence-electron chi connectivity index (χ3n) is 2.51. The quantitative estimate of drug-likeness (QED) is 0.922. The van der Waals surface area contributed by atoms with Crippen molar-refractivity contribution in [1.29, 1.82) is 5.26 Å². The topological polar surface area (TPSA) is 95.7 Å². The van der Waals surface area contributed by atoms with Crippen LogP contribution >= 0.6 is 0 Å². The highest BCUT2D eigenvalue weighted by molar-refractivity contribution is 7.92. The number of nitrogens with one attached hydrogen (secondary N) is 1. The molecule has 0 fully saturated rings. The fraction of sp³-hybridized carbons (Fsp3) is 0.154. The van der Waals surface area contributed by atoms with E-state index in [0.717, 1.165) is 0 Å². The molecule has 0 aliphatic rings. The lowest BCUT2D eigenvalue weighted by molar-refractivity contribution is 0.600. The van der Waals surface area contributed by atoms with Gasteiger partial charge in [0.05, 0.1) is 17.4 Å². The summed E-state index contributed by atoms with van der Waals surface area (Å²) in [6.07, 6.45) is 1.64. The van der Waals surface area contributed by atoms with Crippen molar-refractivity contribution in [2.75, 3.05) is 4.72 Å². The van der Waals surface area contributed by atoms with Crippen molar-refractivity contribution in [3.63, 3.8) is 0 Å².